The highest BCUT2D eigenvalue weighted by atomic mass is 19.1. The number of rotatable bonds is 6. The summed E-state index contributed by atoms with van der Waals surface area (Å²) in [5.41, 5.74) is -0.851. The van der Waals surface area contributed by atoms with Gasteiger partial charge in [0.1, 0.15) is 29.8 Å². The molecule has 154 valence electrons. The van der Waals surface area contributed by atoms with Crippen LogP contribution in [0.3, 0.4) is 0 Å². The zero-order valence-corrected chi connectivity index (χ0v) is 16.3. The first-order valence-electron chi connectivity index (χ1n) is 9.56. The monoisotopic (exact) mass is 408 g/mol. The number of imide groups is 1. The molecule has 0 spiro atoms. The molecule has 3 aromatic carbocycles. The van der Waals surface area contributed by atoms with Crippen molar-refractivity contribution < 1.29 is 23.8 Å². The molecule has 1 aliphatic rings. The van der Waals surface area contributed by atoms with E-state index >= 15 is 0 Å². The smallest absolute Gasteiger partial charge is 0.325 e. The van der Waals surface area contributed by atoms with Crippen LogP contribution in [0.4, 0.5) is 9.18 Å². The third kappa shape index (κ3) is 3.71. The van der Waals surface area contributed by atoms with E-state index in [-0.39, 0.29) is 13.2 Å². The van der Waals surface area contributed by atoms with Gasteiger partial charge in [-0.25, -0.2) is 9.18 Å². The van der Waals surface area contributed by atoms with E-state index in [0.29, 0.717) is 11.3 Å². The highest BCUT2D eigenvalue weighted by Crippen LogP contribution is 2.29. The van der Waals surface area contributed by atoms with Gasteiger partial charge in [0.15, 0.2) is 0 Å². The molecule has 1 saturated heterocycles. The highest BCUT2D eigenvalue weighted by molar-refractivity contribution is 6.07. The number of nitrogens with one attached hydrogen (secondary N) is 1. The lowest BCUT2D eigenvalue weighted by atomic mass is 9.92. The van der Waals surface area contributed by atoms with Gasteiger partial charge in [-0.2, -0.15) is 0 Å². The van der Waals surface area contributed by atoms with Crippen LogP contribution in [-0.4, -0.2) is 41.2 Å². The number of carbonyl (C=O) groups is 2. The van der Waals surface area contributed by atoms with E-state index in [1.165, 1.54) is 24.3 Å². The number of amides is 3. The number of ether oxygens (including phenoxy) is 1. The minimum Gasteiger partial charge on any atom is -0.491 e. The number of β-amino-alcohol motifs (C(OH)–C–C–N with tert-alkyl or cyclic N) is 1. The maximum absolute atomic E-state index is 13.2. The van der Waals surface area contributed by atoms with Crippen molar-refractivity contribution in [2.24, 2.45) is 0 Å². The van der Waals surface area contributed by atoms with Crippen molar-refractivity contribution in [3.8, 4) is 5.75 Å². The fraction of sp³-hybridized carbons (Fsp3) is 0.217. The summed E-state index contributed by atoms with van der Waals surface area (Å²) in [6, 6.07) is 18.2. The molecular formula is C23H21FN2O4. The van der Waals surface area contributed by atoms with Crippen LogP contribution in [0.2, 0.25) is 0 Å². The van der Waals surface area contributed by atoms with Gasteiger partial charge in [-0.05, 0) is 47.5 Å². The first kappa shape index (κ1) is 19.8. The van der Waals surface area contributed by atoms with Crippen LogP contribution in [0.25, 0.3) is 10.8 Å². The van der Waals surface area contributed by atoms with Gasteiger partial charge in [-0.1, -0.05) is 42.5 Å². The largest absolute Gasteiger partial charge is 0.491 e. The average Bonchev–Trinajstić information content (AvgIpc) is 2.96. The lowest BCUT2D eigenvalue weighted by Crippen LogP contribution is -2.42. The number of urea groups is 1. The normalized spacial score (nSPS) is 19.8. The second kappa shape index (κ2) is 7.76. The Kier molecular flexibility index (Phi) is 5.13. The summed E-state index contributed by atoms with van der Waals surface area (Å²) in [5, 5.41) is 15.1. The number of benzene rings is 3. The predicted molar refractivity (Wildman–Crippen MR) is 109 cm³/mol. The molecule has 1 aliphatic heterocycles. The van der Waals surface area contributed by atoms with E-state index in [1.54, 1.807) is 13.0 Å². The maximum Gasteiger partial charge on any atom is 0.325 e. The molecule has 30 heavy (non-hydrogen) atoms. The standard InChI is InChI=1S/C23H21FN2O4/c1-23(17-7-9-18(24)10-8-17)21(28)26(22(29)25-23)13-19(27)14-30-20-11-6-15-4-2-3-5-16(15)12-20/h2-12,19,27H,13-14H2,1H3,(H,25,29). The van der Waals surface area contributed by atoms with Crippen LogP contribution in [0, 0.1) is 5.82 Å². The molecule has 6 nitrogen and oxygen atoms in total. The Morgan fingerprint density at radius 1 is 1.07 bits per heavy atom. The van der Waals surface area contributed by atoms with Gasteiger partial charge in [-0.15, -0.1) is 0 Å². The van der Waals surface area contributed by atoms with Crippen molar-refractivity contribution >= 4 is 22.7 Å². The quantitative estimate of drug-likeness (QED) is 0.614. The Bertz CT molecular complexity index is 1100. The van der Waals surface area contributed by atoms with Crippen molar-refractivity contribution in [3.05, 3.63) is 78.1 Å². The maximum atomic E-state index is 13.2. The second-order valence-corrected chi connectivity index (χ2v) is 7.45. The Balaban J connectivity index is 1.41. The first-order valence-corrected chi connectivity index (χ1v) is 9.56. The number of aliphatic hydroxyl groups is 1. The molecule has 2 atom stereocenters. The van der Waals surface area contributed by atoms with Crippen LogP contribution >= 0.6 is 0 Å². The molecule has 0 bridgehead atoms. The summed E-state index contributed by atoms with van der Waals surface area (Å²) in [6.07, 6.45) is -1.07. The summed E-state index contributed by atoms with van der Waals surface area (Å²) in [4.78, 5) is 26.2. The zero-order valence-electron chi connectivity index (χ0n) is 16.3. The predicted octanol–water partition coefficient (Wildman–Crippen LogP) is 3.19. The zero-order chi connectivity index (χ0) is 21.3. The van der Waals surface area contributed by atoms with Crippen LogP contribution in [0.5, 0.6) is 5.75 Å². The first-order chi connectivity index (χ1) is 14.4. The number of carbonyl (C=O) groups excluding carboxylic acids is 2. The molecule has 1 heterocycles. The molecule has 0 aliphatic carbocycles. The van der Waals surface area contributed by atoms with Crippen LogP contribution in [0.15, 0.2) is 66.7 Å². The number of aliphatic hydroxyl groups excluding tert-OH is 1. The number of hydrogen-bond acceptors (Lipinski definition) is 4. The Labute approximate surface area is 172 Å². The van der Waals surface area contributed by atoms with Gasteiger partial charge < -0.3 is 15.2 Å². The fourth-order valence-electron chi connectivity index (χ4n) is 3.55. The summed E-state index contributed by atoms with van der Waals surface area (Å²) < 4.78 is 18.8. The average molecular weight is 408 g/mol. The molecule has 4 rings (SSSR count). The molecule has 7 heteroatoms. The lowest BCUT2D eigenvalue weighted by molar-refractivity contribution is -0.132. The van der Waals surface area contributed by atoms with Crippen molar-refractivity contribution in [1.82, 2.24) is 10.2 Å². The van der Waals surface area contributed by atoms with Crippen molar-refractivity contribution in [2.75, 3.05) is 13.2 Å². The van der Waals surface area contributed by atoms with Gasteiger partial charge in [0, 0.05) is 0 Å². The summed E-state index contributed by atoms with van der Waals surface area (Å²) in [5.74, 6) is -0.359. The molecule has 2 N–H and O–H groups in total. The van der Waals surface area contributed by atoms with Crippen molar-refractivity contribution in [1.29, 1.82) is 0 Å². The molecule has 3 amide bonds. The molecule has 0 aromatic heterocycles. The van der Waals surface area contributed by atoms with E-state index in [2.05, 4.69) is 5.32 Å². The van der Waals surface area contributed by atoms with E-state index in [4.69, 9.17) is 4.74 Å². The van der Waals surface area contributed by atoms with Crippen LogP contribution < -0.4 is 10.1 Å². The summed E-state index contributed by atoms with van der Waals surface area (Å²) >= 11 is 0. The molecule has 1 fully saturated rings. The number of fused-ring (bicyclic) bond motifs is 1. The molecule has 0 saturated carbocycles. The van der Waals surface area contributed by atoms with Crippen molar-refractivity contribution in [2.45, 2.75) is 18.6 Å². The second-order valence-electron chi connectivity index (χ2n) is 7.45. The Hall–Kier alpha value is -3.45. The molecular weight excluding hydrogens is 387 g/mol. The molecule has 2 unspecified atom stereocenters. The molecule has 0 radical (unpaired) electrons. The van der Waals surface area contributed by atoms with Gasteiger partial charge in [0.05, 0.1) is 6.54 Å². The van der Waals surface area contributed by atoms with Gasteiger partial charge in [0.2, 0.25) is 0 Å². The number of hydrogen-bond donors (Lipinski definition) is 2. The van der Waals surface area contributed by atoms with Crippen LogP contribution in [0.1, 0.15) is 12.5 Å². The fourth-order valence-corrected chi connectivity index (χ4v) is 3.55. The number of halogens is 1. The van der Waals surface area contributed by atoms with Gasteiger partial charge >= 0.3 is 6.03 Å². The minimum atomic E-state index is -1.32. The van der Waals surface area contributed by atoms with E-state index < -0.39 is 29.4 Å². The molecule has 3 aromatic rings. The lowest BCUT2D eigenvalue weighted by Gasteiger charge is -2.23. The van der Waals surface area contributed by atoms with E-state index in [0.717, 1.165) is 15.7 Å². The van der Waals surface area contributed by atoms with Crippen molar-refractivity contribution in [3.63, 3.8) is 0 Å². The SMILES string of the molecule is CC1(c2ccc(F)cc2)NC(=O)N(CC(O)COc2ccc3ccccc3c2)C1=O. The van der Waals surface area contributed by atoms with Crippen LogP contribution in [-0.2, 0) is 10.3 Å². The van der Waals surface area contributed by atoms with E-state index in [1.807, 2.05) is 36.4 Å². The Morgan fingerprint density at radius 3 is 2.50 bits per heavy atom. The summed E-state index contributed by atoms with van der Waals surface area (Å²) in [7, 11) is 0. The van der Waals surface area contributed by atoms with Gasteiger partial charge in [0.25, 0.3) is 5.91 Å². The van der Waals surface area contributed by atoms with E-state index in [9.17, 15) is 19.1 Å². The minimum absolute atomic E-state index is 0.0807. The Morgan fingerprint density at radius 2 is 1.77 bits per heavy atom. The van der Waals surface area contributed by atoms with Gasteiger partial charge in [-0.3, -0.25) is 9.69 Å². The topological polar surface area (TPSA) is 78.9 Å². The number of nitrogens with zero attached hydrogens (tertiary/aromatic N) is 1. The summed E-state index contributed by atoms with van der Waals surface area (Å²) in [6.45, 7) is 1.26. The third-order valence-corrected chi connectivity index (χ3v) is 5.25. The highest BCUT2D eigenvalue weighted by Gasteiger charge is 2.49. The third-order valence-electron chi connectivity index (χ3n) is 5.25.